The van der Waals surface area contributed by atoms with Crippen molar-refractivity contribution >= 4 is 78.3 Å². The molecule has 1 aromatic heterocycles. The Morgan fingerprint density at radius 3 is 1.89 bits per heavy atom. The molecule has 0 aliphatic carbocycles. The van der Waals surface area contributed by atoms with Gasteiger partial charge in [-0.2, -0.15) is 0 Å². The van der Waals surface area contributed by atoms with Gasteiger partial charge in [-0.25, -0.2) is 9.97 Å². The molecule has 37 heavy (non-hydrogen) atoms. The van der Waals surface area contributed by atoms with Crippen LogP contribution in [0.2, 0.25) is 5.15 Å². The minimum Gasteiger partial charge on any atom is -0.382 e. The molecule has 1 amide bonds. The lowest BCUT2D eigenvalue weighted by Gasteiger charge is -2.34. The van der Waals surface area contributed by atoms with Crippen molar-refractivity contribution in [2.45, 2.75) is 32.1 Å². The van der Waals surface area contributed by atoms with Gasteiger partial charge in [0.1, 0.15) is 0 Å². The predicted molar refractivity (Wildman–Crippen MR) is 158 cm³/mol. The zero-order valence-corrected chi connectivity index (χ0v) is 24.0. The van der Waals surface area contributed by atoms with Crippen molar-refractivity contribution in [2.75, 3.05) is 63.8 Å². The SMILES string of the molecule is Cl.Cl.Cl.NC(N)=NCCCCCN1CCN(CCCCN=C(N)NC(=O)c2nc(Cl)c(N)nc2N)CC1. The number of halogens is 4. The summed E-state index contributed by atoms with van der Waals surface area (Å²) in [7, 11) is 0. The number of piperazine rings is 1. The number of unbranched alkanes of at least 4 members (excludes halogenated alkanes) is 3. The van der Waals surface area contributed by atoms with Crippen molar-refractivity contribution < 1.29 is 4.79 Å². The summed E-state index contributed by atoms with van der Waals surface area (Å²) in [5.74, 6) is -0.657. The number of aliphatic imine (C=N–C) groups is 2. The number of nitrogens with two attached hydrogens (primary N) is 5. The van der Waals surface area contributed by atoms with Gasteiger partial charge in [-0.15, -0.1) is 37.2 Å². The summed E-state index contributed by atoms with van der Waals surface area (Å²) in [4.78, 5) is 33.0. The van der Waals surface area contributed by atoms with Crippen LogP contribution in [0, 0.1) is 0 Å². The fourth-order valence-corrected chi connectivity index (χ4v) is 3.67. The lowest BCUT2D eigenvalue weighted by molar-refractivity contribution is 0.0972. The number of nitrogens with one attached hydrogen (secondary N) is 1. The number of hydrogen-bond acceptors (Lipinski definition) is 9. The highest BCUT2D eigenvalue weighted by molar-refractivity contribution is 6.31. The second-order valence-corrected chi connectivity index (χ2v) is 8.47. The molecule has 2 rings (SSSR count). The average molecular weight is 606 g/mol. The summed E-state index contributed by atoms with van der Waals surface area (Å²) in [5, 5.41) is 2.33. The van der Waals surface area contributed by atoms with Crippen LogP contribution in [0.4, 0.5) is 11.6 Å². The maximum absolute atomic E-state index is 12.2. The second-order valence-electron chi connectivity index (χ2n) is 8.11. The van der Waals surface area contributed by atoms with Gasteiger partial charge in [-0.3, -0.25) is 20.1 Å². The zero-order valence-electron chi connectivity index (χ0n) is 20.8. The molecule has 0 unspecified atom stereocenters. The lowest BCUT2D eigenvalue weighted by atomic mass is 10.2. The smallest absolute Gasteiger partial charge is 0.280 e. The van der Waals surface area contributed by atoms with Crippen LogP contribution in [0.3, 0.4) is 0 Å². The van der Waals surface area contributed by atoms with Gasteiger partial charge in [0.2, 0.25) is 0 Å². The van der Waals surface area contributed by atoms with Gasteiger partial charge in [0, 0.05) is 39.3 Å². The van der Waals surface area contributed by atoms with E-state index in [1.54, 1.807) is 0 Å². The number of rotatable bonds is 12. The highest BCUT2D eigenvalue weighted by Crippen LogP contribution is 2.17. The van der Waals surface area contributed by atoms with E-state index in [0.29, 0.717) is 13.1 Å². The average Bonchev–Trinajstić information content (AvgIpc) is 2.79. The van der Waals surface area contributed by atoms with Crippen LogP contribution in [0.15, 0.2) is 9.98 Å². The summed E-state index contributed by atoms with van der Waals surface area (Å²) in [5.41, 5.74) is 27.5. The Morgan fingerprint density at radius 1 is 0.811 bits per heavy atom. The molecular formula is C20H40Cl4N12O. The van der Waals surface area contributed by atoms with E-state index >= 15 is 0 Å². The van der Waals surface area contributed by atoms with E-state index in [2.05, 4.69) is 35.1 Å². The van der Waals surface area contributed by atoms with E-state index in [1.807, 2.05) is 0 Å². The Balaban J connectivity index is 0. The summed E-state index contributed by atoms with van der Waals surface area (Å²) >= 11 is 5.79. The van der Waals surface area contributed by atoms with E-state index in [-0.39, 0.29) is 71.6 Å². The van der Waals surface area contributed by atoms with Crippen LogP contribution in [-0.2, 0) is 0 Å². The molecule has 1 saturated heterocycles. The third kappa shape index (κ3) is 14.5. The lowest BCUT2D eigenvalue weighted by Crippen LogP contribution is -2.46. The number of guanidine groups is 2. The predicted octanol–water partition coefficient (Wildman–Crippen LogP) is 0.446. The van der Waals surface area contributed by atoms with Crippen LogP contribution in [-0.4, -0.2) is 90.0 Å². The van der Waals surface area contributed by atoms with Crippen LogP contribution >= 0.6 is 48.8 Å². The molecule has 17 heteroatoms. The van der Waals surface area contributed by atoms with E-state index < -0.39 is 5.91 Å². The van der Waals surface area contributed by atoms with Gasteiger partial charge < -0.3 is 38.5 Å². The Labute approximate surface area is 241 Å². The quantitative estimate of drug-likeness (QED) is 0.110. The molecular weight excluding hydrogens is 566 g/mol. The minimum absolute atomic E-state index is 0. The largest absolute Gasteiger partial charge is 0.382 e. The molecule has 1 fully saturated rings. The molecule has 1 aliphatic rings. The van der Waals surface area contributed by atoms with Crippen molar-refractivity contribution in [1.29, 1.82) is 0 Å². The Bertz CT molecular complexity index is 862. The van der Waals surface area contributed by atoms with Crippen LogP contribution in [0.1, 0.15) is 42.6 Å². The first-order valence-electron chi connectivity index (χ1n) is 11.5. The molecule has 0 radical (unpaired) electrons. The number of carbonyl (C=O) groups excluding carboxylic acids is 1. The van der Waals surface area contributed by atoms with Gasteiger partial charge in [0.25, 0.3) is 5.91 Å². The molecule has 0 spiro atoms. The number of aromatic nitrogens is 2. The molecule has 1 aromatic rings. The molecule has 13 nitrogen and oxygen atoms in total. The van der Waals surface area contributed by atoms with E-state index in [9.17, 15) is 4.79 Å². The van der Waals surface area contributed by atoms with Crippen LogP contribution in [0.25, 0.3) is 0 Å². The monoisotopic (exact) mass is 604 g/mol. The maximum Gasteiger partial charge on any atom is 0.280 e. The first-order chi connectivity index (χ1) is 16.3. The molecule has 214 valence electrons. The normalized spacial score (nSPS) is 14.0. The molecule has 0 atom stereocenters. The molecule has 0 bridgehead atoms. The highest BCUT2D eigenvalue weighted by Gasteiger charge is 2.17. The van der Waals surface area contributed by atoms with Crippen molar-refractivity contribution in [1.82, 2.24) is 25.1 Å². The van der Waals surface area contributed by atoms with Gasteiger partial charge in [-0.05, 0) is 38.8 Å². The van der Waals surface area contributed by atoms with Crippen molar-refractivity contribution in [3.63, 3.8) is 0 Å². The van der Waals surface area contributed by atoms with Gasteiger partial charge in [-0.1, -0.05) is 18.0 Å². The van der Waals surface area contributed by atoms with Crippen molar-refractivity contribution in [2.24, 2.45) is 27.2 Å². The van der Waals surface area contributed by atoms with Gasteiger partial charge in [0.05, 0.1) is 0 Å². The fourth-order valence-electron chi connectivity index (χ4n) is 3.54. The number of hydrogen-bond donors (Lipinski definition) is 6. The third-order valence-electron chi connectivity index (χ3n) is 5.42. The van der Waals surface area contributed by atoms with Crippen molar-refractivity contribution in [3.8, 4) is 0 Å². The molecule has 11 N–H and O–H groups in total. The van der Waals surface area contributed by atoms with Crippen molar-refractivity contribution in [3.05, 3.63) is 10.8 Å². The van der Waals surface area contributed by atoms with E-state index in [0.717, 1.165) is 65.0 Å². The number of nitrogen functional groups attached to an aromatic ring is 2. The molecule has 2 heterocycles. The number of carbonyl (C=O) groups is 1. The molecule has 0 aromatic carbocycles. The molecule has 0 saturated carbocycles. The van der Waals surface area contributed by atoms with Crippen LogP contribution < -0.4 is 34.0 Å². The third-order valence-corrected chi connectivity index (χ3v) is 5.70. The Hall–Kier alpha value is -2.03. The topological polar surface area (TPSA) is 216 Å². The number of anilines is 2. The van der Waals surface area contributed by atoms with E-state index in [1.165, 1.54) is 6.42 Å². The summed E-state index contributed by atoms with van der Waals surface area (Å²) < 4.78 is 0. The second kappa shape index (κ2) is 20.0. The maximum atomic E-state index is 12.2. The zero-order chi connectivity index (χ0) is 24.9. The van der Waals surface area contributed by atoms with Gasteiger partial charge >= 0.3 is 0 Å². The molecule has 1 aliphatic heterocycles. The fraction of sp³-hybridized carbons (Fsp3) is 0.650. The number of amides is 1. The highest BCUT2D eigenvalue weighted by atomic mass is 35.5. The number of nitrogens with zero attached hydrogens (tertiary/aromatic N) is 6. The van der Waals surface area contributed by atoms with Crippen LogP contribution in [0.5, 0.6) is 0 Å². The Kier molecular flexibility index (Phi) is 20.1. The first kappa shape index (κ1) is 37.1. The summed E-state index contributed by atoms with van der Waals surface area (Å²) in [6.07, 6.45) is 5.19. The van der Waals surface area contributed by atoms with E-state index in [4.69, 9.17) is 40.3 Å². The standard InChI is InChI=1S/C20H37ClN12O.3ClH/c21-15-17(23)30-16(22)14(29-15)18(34)31-20(26)28-7-3-5-9-33-12-10-32(11-13-33)8-4-1-2-6-27-19(24)25;;;/h1-13H2,(H4,22,23,30)(H4,24,25,27)(H3,26,28,31,34);3*1H. The summed E-state index contributed by atoms with van der Waals surface area (Å²) in [6, 6.07) is 0. The van der Waals surface area contributed by atoms with Gasteiger partial charge in [0.15, 0.2) is 34.4 Å². The minimum atomic E-state index is -0.639. The first-order valence-corrected chi connectivity index (χ1v) is 11.8. The Morgan fingerprint density at radius 2 is 1.32 bits per heavy atom. The summed E-state index contributed by atoms with van der Waals surface area (Å²) in [6.45, 7) is 7.68.